The summed E-state index contributed by atoms with van der Waals surface area (Å²) in [5.41, 5.74) is -0.0186. The fourth-order valence-corrected chi connectivity index (χ4v) is 4.01. The largest absolute Gasteiger partial charge is 0.484 e. The van der Waals surface area contributed by atoms with Gasteiger partial charge in [0.1, 0.15) is 11.4 Å². The maximum Gasteiger partial charge on any atom is 0.422 e. The number of esters is 1. The molecule has 11 heteroatoms. The van der Waals surface area contributed by atoms with Crippen LogP contribution in [-0.2, 0) is 19.6 Å². The fourth-order valence-electron chi connectivity index (χ4n) is 2.75. The summed E-state index contributed by atoms with van der Waals surface area (Å²) in [6.07, 6.45) is -4.40. The molecule has 0 unspecified atom stereocenters. The van der Waals surface area contributed by atoms with Gasteiger partial charge in [0.05, 0.1) is 0 Å². The van der Waals surface area contributed by atoms with Crippen molar-refractivity contribution < 1.29 is 35.9 Å². The molecule has 0 saturated carbocycles. The second-order valence-corrected chi connectivity index (χ2v) is 9.60. The Labute approximate surface area is 168 Å². The average Bonchev–Trinajstić information content (AvgIpc) is 2.58. The van der Waals surface area contributed by atoms with E-state index in [1.54, 1.807) is 32.9 Å². The molecule has 0 aliphatic carbocycles. The Bertz CT molecular complexity index is 796. The summed E-state index contributed by atoms with van der Waals surface area (Å²) < 4.78 is 72.4. The molecule has 1 heterocycles. The number of carbonyl (C=O) groups excluding carboxylic acids is 1. The minimum Gasteiger partial charge on any atom is -0.484 e. The predicted molar refractivity (Wildman–Crippen MR) is 101 cm³/mol. The van der Waals surface area contributed by atoms with Crippen molar-refractivity contribution in [1.29, 1.82) is 0 Å². The number of hydrogen-bond acceptors (Lipinski definition) is 6. The molecule has 29 heavy (non-hydrogen) atoms. The summed E-state index contributed by atoms with van der Waals surface area (Å²) in [7, 11) is -3.78. The number of piperazine rings is 1. The molecule has 1 aliphatic heterocycles. The van der Waals surface area contributed by atoms with Crippen molar-refractivity contribution in [3.8, 4) is 5.75 Å². The van der Waals surface area contributed by atoms with E-state index in [0.29, 0.717) is 13.1 Å². The molecule has 164 valence electrons. The van der Waals surface area contributed by atoms with Crippen LogP contribution >= 0.6 is 0 Å². The lowest BCUT2D eigenvalue weighted by Crippen LogP contribution is -2.50. The Morgan fingerprint density at radius 3 is 2.07 bits per heavy atom. The number of carbonyl (C=O) groups is 1. The monoisotopic (exact) mass is 438 g/mol. The van der Waals surface area contributed by atoms with Crippen molar-refractivity contribution in [3.63, 3.8) is 0 Å². The molecule has 0 amide bonds. The Morgan fingerprint density at radius 1 is 1.03 bits per heavy atom. The van der Waals surface area contributed by atoms with Gasteiger partial charge in [0.2, 0.25) is 10.0 Å². The van der Waals surface area contributed by atoms with Gasteiger partial charge in [0, 0.05) is 31.9 Å². The Morgan fingerprint density at radius 2 is 1.59 bits per heavy atom. The zero-order valence-corrected chi connectivity index (χ0v) is 17.3. The molecule has 1 aliphatic rings. The van der Waals surface area contributed by atoms with E-state index in [2.05, 4.69) is 4.74 Å². The van der Waals surface area contributed by atoms with Gasteiger partial charge in [-0.2, -0.15) is 17.5 Å². The van der Waals surface area contributed by atoms with Crippen LogP contribution in [-0.4, -0.2) is 69.0 Å². The van der Waals surface area contributed by atoms with Gasteiger partial charge in [0.15, 0.2) is 12.4 Å². The number of anilines is 1. The number of benzene rings is 1. The van der Waals surface area contributed by atoms with Gasteiger partial charge >= 0.3 is 12.1 Å². The van der Waals surface area contributed by atoms with Gasteiger partial charge in [-0.15, -0.1) is 0 Å². The Kier molecular flexibility index (Phi) is 7.05. The molecule has 0 bridgehead atoms. The van der Waals surface area contributed by atoms with Gasteiger partial charge in [-0.1, -0.05) is 0 Å². The van der Waals surface area contributed by atoms with Gasteiger partial charge in [-0.05, 0) is 45.0 Å². The molecule has 0 radical (unpaired) electrons. The van der Waals surface area contributed by atoms with Crippen LogP contribution in [0.4, 0.5) is 18.9 Å². The highest BCUT2D eigenvalue weighted by atomic mass is 32.2. The second-order valence-electron chi connectivity index (χ2n) is 7.63. The van der Waals surface area contributed by atoms with E-state index in [9.17, 15) is 26.4 Å². The molecule has 7 nitrogen and oxygen atoms in total. The summed E-state index contributed by atoms with van der Waals surface area (Å²) in [6.45, 7) is 4.78. The van der Waals surface area contributed by atoms with Crippen molar-refractivity contribution in [2.75, 3.05) is 43.4 Å². The lowest BCUT2D eigenvalue weighted by Gasteiger charge is -2.35. The maximum absolute atomic E-state index is 12.4. The van der Waals surface area contributed by atoms with Gasteiger partial charge in [-0.3, -0.25) is 4.79 Å². The normalized spacial score (nSPS) is 16.6. The zero-order chi connectivity index (χ0) is 21.9. The SMILES string of the molecule is CC(C)(C)OC(=O)CS(=O)(=O)N1CCN(c2ccc(OCC(F)(F)F)cc2)CC1. The van der Waals surface area contributed by atoms with E-state index in [1.165, 1.54) is 16.4 Å². The van der Waals surface area contributed by atoms with Crippen LogP contribution in [0.5, 0.6) is 5.75 Å². The van der Waals surface area contributed by atoms with Crippen LogP contribution in [0.3, 0.4) is 0 Å². The molecule has 1 aromatic rings. The molecule has 0 N–H and O–H groups in total. The lowest BCUT2D eigenvalue weighted by atomic mass is 10.2. The first-order valence-electron chi connectivity index (χ1n) is 8.99. The van der Waals surface area contributed by atoms with Crippen LogP contribution in [0.15, 0.2) is 24.3 Å². The van der Waals surface area contributed by atoms with E-state index in [1.807, 2.05) is 4.90 Å². The summed E-state index contributed by atoms with van der Waals surface area (Å²) in [4.78, 5) is 13.7. The van der Waals surface area contributed by atoms with Gasteiger partial charge in [0.25, 0.3) is 0 Å². The van der Waals surface area contributed by atoms with Crippen molar-refractivity contribution >= 4 is 21.7 Å². The minimum absolute atomic E-state index is 0.102. The van der Waals surface area contributed by atoms with Crippen LogP contribution in [0.1, 0.15) is 20.8 Å². The number of sulfonamides is 1. The zero-order valence-electron chi connectivity index (χ0n) is 16.5. The molecular weight excluding hydrogens is 413 g/mol. The first kappa shape index (κ1) is 23.3. The Hall–Kier alpha value is -2.01. The van der Waals surface area contributed by atoms with E-state index < -0.39 is 40.1 Å². The highest BCUT2D eigenvalue weighted by Crippen LogP contribution is 2.23. The number of hydrogen-bond donors (Lipinski definition) is 0. The third kappa shape index (κ3) is 7.73. The van der Waals surface area contributed by atoms with Crippen LogP contribution in [0, 0.1) is 0 Å². The number of nitrogens with zero attached hydrogens (tertiary/aromatic N) is 2. The summed E-state index contributed by atoms with van der Waals surface area (Å²) in [6, 6.07) is 6.12. The molecular formula is C18H25F3N2O5S. The van der Waals surface area contributed by atoms with Crippen LogP contribution in [0.2, 0.25) is 0 Å². The van der Waals surface area contributed by atoms with Crippen LogP contribution < -0.4 is 9.64 Å². The van der Waals surface area contributed by atoms with Crippen molar-refractivity contribution in [2.24, 2.45) is 0 Å². The van der Waals surface area contributed by atoms with E-state index in [-0.39, 0.29) is 18.8 Å². The first-order chi connectivity index (χ1) is 13.3. The third-order valence-corrected chi connectivity index (χ3v) is 5.71. The standard InChI is InChI=1S/C18H25F3N2O5S/c1-17(2,3)28-16(24)12-29(25,26)23-10-8-22(9-11-23)14-4-6-15(7-5-14)27-13-18(19,20)21/h4-7H,8-13H2,1-3H3. The maximum atomic E-state index is 12.4. The third-order valence-electron chi connectivity index (χ3n) is 3.96. The van der Waals surface area contributed by atoms with Crippen LogP contribution in [0.25, 0.3) is 0 Å². The number of ether oxygens (including phenoxy) is 2. The highest BCUT2D eigenvalue weighted by molar-refractivity contribution is 7.89. The predicted octanol–water partition coefficient (Wildman–Crippen LogP) is 2.42. The molecule has 0 aromatic heterocycles. The average molecular weight is 438 g/mol. The number of halogens is 3. The van der Waals surface area contributed by atoms with E-state index >= 15 is 0 Å². The number of rotatable bonds is 6. The van der Waals surface area contributed by atoms with Gasteiger partial charge in [-0.25, -0.2) is 8.42 Å². The molecule has 2 rings (SSSR count). The molecule has 1 aromatic carbocycles. The fraction of sp³-hybridized carbons (Fsp3) is 0.611. The second kappa shape index (κ2) is 8.78. The quantitative estimate of drug-likeness (QED) is 0.635. The van der Waals surface area contributed by atoms with E-state index in [0.717, 1.165) is 5.69 Å². The van der Waals surface area contributed by atoms with Crippen molar-refractivity contribution in [3.05, 3.63) is 24.3 Å². The summed E-state index contributed by atoms with van der Waals surface area (Å²) >= 11 is 0. The Balaban J connectivity index is 1.89. The minimum atomic E-state index is -4.40. The molecule has 1 fully saturated rings. The van der Waals surface area contributed by atoms with Gasteiger partial charge < -0.3 is 14.4 Å². The van der Waals surface area contributed by atoms with Crippen molar-refractivity contribution in [2.45, 2.75) is 32.5 Å². The smallest absolute Gasteiger partial charge is 0.422 e. The van der Waals surface area contributed by atoms with E-state index in [4.69, 9.17) is 4.74 Å². The highest BCUT2D eigenvalue weighted by Gasteiger charge is 2.31. The molecule has 0 spiro atoms. The van der Waals surface area contributed by atoms with Crippen molar-refractivity contribution in [1.82, 2.24) is 4.31 Å². The first-order valence-corrected chi connectivity index (χ1v) is 10.6. The molecule has 1 saturated heterocycles. The number of alkyl halides is 3. The lowest BCUT2D eigenvalue weighted by molar-refractivity contribution is -0.153. The summed E-state index contributed by atoms with van der Waals surface area (Å²) in [5.74, 6) is -1.41. The topological polar surface area (TPSA) is 76.2 Å². The summed E-state index contributed by atoms with van der Waals surface area (Å²) in [5, 5.41) is 0. The molecule has 0 atom stereocenters.